The molecule has 1 aliphatic rings. The van der Waals surface area contributed by atoms with Gasteiger partial charge in [0.05, 0.1) is 23.4 Å². The van der Waals surface area contributed by atoms with E-state index in [9.17, 15) is 18.0 Å². The third kappa shape index (κ3) is 6.09. The van der Waals surface area contributed by atoms with E-state index in [1.165, 1.54) is 23.6 Å². The second kappa shape index (κ2) is 9.85. The van der Waals surface area contributed by atoms with E-state index < -0.39 is 11.7 Å². The minimum absolute atomic E-state index is 0.0953. The number of likely N-dealkylation sites (tertiary alicyclic amines) is 1. The van der Waals surface area contributed by atoms with Crippen LogP contribution in [0.5, 0.6) is 0 Å². The summed E-state index contributed by atoms with van der Waals surface area (Å²) in [5.74, 6) is 0.710. The molecule has 0 aliphatic carbocycles. The van der Waals surface area contributed by atoms with Gasteiger partial charge in [0, 0.05) is 17.8 Å². The van der Waals surface area contributed by atoms with Gasteiger partial charge in [0.25, 0.3) is 0 Å². The summed E-state index contributed by atoms with van der Waals surface area (Å²) in [6, 6.07) is 5.06. The number of hydrogen-bond acceptors (Lipinski definition) is 3. The number of aromatic nitrogens is 2. The van der Waals surface area contributed by atoms with Gasteiger partial charge in [-0.2, -0.15) is 18.3 Å². The number of carbonyl (C=O) groups is 1. The molecule has 8 heteroatoms. The van der Waals surface area contributed by atoms with Gasteiger partial charge >= 0.3 is 6.18 Å². The van der Waals surface area contributed by atoms with Crippen LogP contribution in [0, 0.1) is 19.8 Å². The Bertz CT molecular complexity index is 899. The van der Waals surface area contributed by atoms with Crippen LogP contribution in [-0.2, 0) is 17.4 Å². The Morgan fingerprint density at radius 1 is 1.23 bits per heavy atom. The largest absolute Gasteiger partial charge is 0.416 e. The Hall–Kier alpha value is -2.35. The first kappa shape index (κ1) is 23.3. The number of nitrogens with one attached hydrogen (secondary N) is 1. The monoisotopic (exact) mass is 436 g/mol. The van der Waals surface area contributed by atoms with Crippen LogP contribution in [0.3, 0.4) is 0 Å². The number of amides is 1. The maximum atomic E-state index is 13.0. The minimum atomic E-state index is -4.42. The molecule has 1 aliphatic heterocycles. The number of rotatable bonds is 7. The molecular weight excluding hydrogens is 405 g/mol. The molecule has 31 heavy (non-hydrogen) atoms. The molecule has 0 saturated carbocycles. The summed E-state index contributed by atoms with van der Waals surface area (Å²) in [5, 5.41) is 7.34. The van der Waals surface area contributed by atoms with Crippen LogP contribution in [-0.4, -0.2) is 46.8 Å². The quantitative estimate of drug-likeness (QED) is 0.659. The number of piperidine rings is 1. The van der Waals surface area contributed by atoms with Gasteiger partial charge in [0.2, 0.25) is 5.91 Å². The van der Waals surface area contributed by atoms with Gasteiger partial charge in [-0.05, 0) is 76.9 Å². The lowest BCUT2D eigenvalue weighted by atomic mass is 9.99. The van der Waals surface area contributed by atoms with Crippen LogP contribution in [0.25, 0.3) is 5.69 Å². The Labute approximate surface area is 181 Å². The second-order valence-electron chi connectivity index (χ2n) is 8.51. The average Bonchev–Trinajstić information content (AvgIpc) is 3.00. The lowest BCUT2D eigenvalue weighted by molar-refractivity contribution is -0.137. The van der Waals surface area contributed by atoms with Gasteiger partial charge in [-0.15, -0.1) is 0 Å². The minimum Gasteiger partial charge on any atom is -0.356 e. The molecule has 170 valence electrons. The molecule has 5 nitrogen and oxygen atoms in total. The highest BCUT2D eigenvalue weighted by Gasteiger charge is 2.30. The molecule has 0 unspecified atom stereocenters. The maximum absolute atomic E-state index is 13.0. The zero-order valence-electron chi connectivity index (χ0n) is 18.4. The molecule has 2 heterocycles. The summed E-state index contributed by atoms with van der Waals surface area (Å²) in [4.78, 5) is 14.9. The number of hydrogen-bond donors (Lipinski definition) is 1. The van der Waals surface area contributed by atoms with Crippen molar-refractivity contribution in [3.63, 3.8) is 0 Å². The van der Waals surface area contributed by atoms with Crippen molar-refractivity contribution >= 4 is 5.91 Å². The third-order valence-corrected chi connectivity index (χ3v) is 6.05. The van der Waals surface area contributed by atoms with E-state index in [-0.39, 0.29) is 12.3 Å². The van der Waals surface area contributed by atoms with Crippen molar-refractivity contribution in [3.8, 4) is 5.69 Å². The van der Waals surface area contributed by atoms with E-state index >= 15 is 0 Å². The molecule has 0 spiro atoms. The van der Waals surface area contributed by atoms with Gasteiger partial charge in [-0.25, -0.2) is 4.68 Å². The molecule has 0 bridgehead atoms. The molecule has 1 saturated heterocycles. The normalized spacial score (nSPS) is 15.9. The van der Waals surface area contributed by atoms with Gasteiger partial charge in [0.15, 0.2) is 0 Å². The van der Waals surface area contributed by atoms with E-state index in [1.807, 2.05) is 0 Å². The molecule has 1 aromatic carbocycles. The van der Waals surface area contributed by atoms with E-state index in [1.54, 1.807) is 19.9 Å². The van der Waals surface area contributed by atoms with E-state index in [2.05, 4.69) is 22.2 Å². The van der Waals surface area contributed by atoms with Crippen LogP contribution >= 0.6 is 0 Å². The Balaban J connectivity index is 1.56. The van der Waals surface area contributed by atoms with Crippen molar-refractivity contribution < 1.29 is 18.0 Å². The third-order valence-electron chi connectivity index (χ3n) is 6.05. The van der Waals surface area contributed by atoms with Crippen molar-refractivity contribution in [2.24, 2.45) is 5.92 Å². The number of carbonyl (C=O) groups excluding carboxylic acids is 1. The van der Waals surface area contributed by atoms with Gasteiger partial charge in [-0.1, -0.05) is 13.0 Å². The van der Waals surface area contributed by atoms with E-state index in [0.717, 1.165) is 49.7 Å². The van der Waals surface area contributed by atoms with E-state index in [4.69, 9.17) is 0 Å². The zero-order valence-corrected chi connectivity index (χ0v) is 18.4. The fraction of sp³-hybridized carbons (Fsp3) is 0.565. The number of nitrogens with zero attached hydrogens (tertiary/aromatic N) is 3. The average molecular weight is 437 g/mol. The second-order valence-corrected chi connectivity index (χ2v) is 8.51. The van der Waals surface area contributed by atoms with Gasteiger partial charge in [0.1, 0.15) is 0 Å². The number of halogens is 3. The predicted octanol–water partition coefficient (Wildman–Crippen LogP) is 4.29. The fourth-order valence-corrected chi connectivity index (χ4v) is 4.04. The summed E-state index contributed by atoms with van der Waals surface area (Å²) in [6.45, 7) is 9.70. The lowest BCUT2D eigenvalue weighted by Crippen LogP contribution is -2.35. The van der Waals surface area contributed by atoms with Crippen molar-refractivity contribution in [3.05, 3.63) is 46.8 Å². The highest BCUT2D eigenvalue weighted by molar-refractivity contribution is 5.79. The summed E-state index contributed by atoms with van der Waals surface area (Å²) in [7, 11) is 0. The molecule has 0 atom stereocenters. The van der Waals surface area contributed by atoms with Crippen molar-refractivity contribution in [2.75, 3.05) is 26.2 Å². The fourth-order valence-electron chi connectivity index (χ4n) is 4.04. The van der Waals surface area contributed by atoms with Crippen LogP contribution < -0.4 is 5.32 Å². The van der Waals surface area contributed by atoms with Crippen LogP contribution in [0.1, 0.15) is 48.7 Å². The standard InChI is InChI=1S/C23H31F3N4O/c1-16-8-12-29(13-9-16)11-5-10-27-22(31)15-21-17(2)28-30(18(21)3)20-7-4-6-19(14-20)23(24,25)26/h4,6-7,14,16H,5,8-13,15H2,1-3H3,(H,27,31). The Morgan fingerprint density at radius 3 is 2.61 bits per heavy atom. The van der Waals surface area contributed by atoms with Crippen molar-refractivity contribution in [2.45, 2.75) is 52.6 Å². The zero-order chi connectivity index (χ0) is 22.6. The molecule has 1 fully saturated rings. The summed E-state index contributed by atoms with van der Waals surface area (Å²) >= 11 is 0. The first-order valence-corrected chi connectivity index (χ1v) is 10.9. The summed E-state index contributed by atoms with van der Waals surface area (Å²) in [5.41, 5.74) is 1.68. The van der Waals surface area contributed by atoms with Crippen LogP contribution in [0.4, 0.5) is 13.2 Å². The SMILES string of the molecule is Cc1nn(-c2cccc(C(F)(F)F)c2)c(C)c1CC(=O)NCCCN1CCC(C)CC1. The topological polar surface area (TPSA) is 50.2 Å². The number of benzene rings is 1. The van der Waals surface area contributed by atoms with E-state index in [0.29, 0.717) is 23.6 Å². The highest BCUT2D eigenvalue weighted by atomic mass is 19.4. The lowest BCUT2D eigenvalue weighted by Gasteiger charge is -2.30. The first-order valence-electron chi connectivity index (χ1n) is 10.9. The molecule has 1 N–H and O–H groups in total. The van der Waals surface area contributed by atoms with Crippen LogP contribution in [0.15, 0.2) is 24.3 Å². The molecule has 3 rings (SSSR count). The van der Waals surface area contributed by atoms with Gasteiger partial charge in [-0.3, -0.25) is 4.79 Å². The maximum Gasteiger partial charge on any atom is 0.416 e. The van der Waals surface area contributed by atoms with Crippen molar-refractivity contribution in [1.29, 1.82) is 0 Å². The summed E-state index contributed by atoms with van der Waals surface area (Å²) < 4.78 is 40.6. The molecule has 1 aromatic heterocycles. The molecule has 0 radical (unpaired) electrons. The first-order chi connectivity index (χ1) is 14.6. The highest BCUT2D eigenvalue weighted by Crippen LogP contribution is 2.31. The molecular formula is C23H31F3N4O. The molecule has 2 aromatic rings. The molecule has 1 amide bonds. The van der Waals surface area contributed by atoms with Crippen molar-refractivity contribution in [1.82, 2.24) is 20.0 Å². The number of aryl methyl sites for hydroxylation is 1. The smallest absolute Gasteiger partial charge is 0.356 e. The summed E-state index contributed by atoms with van der Waals surface area (Å²) in [6.07, 6.45) is -0.873. The Kier molecular flexibility index (Phi) is 7.41. The predicted molar refractivity (Wildman–Crippen MR) is 114 cm³/mol. The van der Waals surface area contributed by atoms with Crippen LogP contribution in [0.2, 0.25) is 0 Å². The van der Waals surface area contributed by atoms with Gasteiger partial charge < -0.3 is 10.2 Å². The Morgan fingerprint density at radius 2 is 1.94 bits per heavy atom. The number of alkyl halides is 3.